The molecule has 284 valence electrons. The van der Waals surface area contributed by atoms with Crippen LogP contribution in [0, 0.1) is 11.3 Å². The minimum absolute atomic E-state index is 0. The number of azo groups is 1. The largest absolute Gasteiger partial charge is 1.00 e. The van der Waals surface area contributed by atoms with Crippen LogP contribution in [0.1, 0.15) is 82.7 Å². The van der Waals surface area contributed by atoms with E-state index in [1.807, 2.05) is 11.0 Å². The van der Waals surface area contributed by atoms with Gasteiger partial charge in [-0.25, -0.2) is 29.9 Å². The Kier molecular flexibility index (Phi) is 33.0. The molecule has 54 heavy (non-hydrogen) atoms. The van der Waals surface area contributed by atoms with E-state index < -0.39 is 70.5 Å². The summed E-state index contributed by atoms with van der Waals surface area (Å²) >= 11 is 0.621. The predicted octanol–water partition coefficient (Wildman–Crippen LogP) is -11.9. The molecule has 1 aromatic rings. The number of unbranched alkanes of at least 4 members (excludes halogenated alkanes) is 2. The van der Waals surface area contributed by atoms with Gasteiger partial charge in [0.2, 0.25) is 5.91 Å². The molecule has 1 aromatic heterocycles. The average Bonchev–Trinajstić information content (AvgIpc) is 3.43. The minimum atomic E-state index is -4.69. The van der Waals surface area contributed by atoms with Gasteiger partial charge in [-0.15, -0.1) is 5.11 Å². The average molecular weight is 942 g/mol. The van der Waals surface area contributed by atoms with E-state index in [-0.39, 0.29) is 261 Å². The molecule has 2 aliphatic rings. The Balaban J connectivity index is 0. The number of rotatable bonds is 19. The summed E-state index contributed by atoms with van der Waals surface area (Å²) in [5.74, 6) is -1.47. The molecule has 1 N–H and O–H groups in total. The van der Waals surface area contributed by atoms with Crippen LogP contribution in [0.4, 0.5) is 5.82 Å². The van der Waals surface area contributed by atoms with Crippen LogP contribution in [0.5, 0.6) is 0 Å². The zero-order chi connectivity index (χ0) is 37.1. The van der Waals surface area contributed by atoms with E-state index >= 15 is 0 Å². The van der Waals surface area contributed by atoms with Crippen molar-refractivity contribution in [2.24, 2.45) is 10.2 Å². The maximum absolute atomic E-state index is 12.2. The monoisotopic (exact) mass is 941 g/mol. The first-order valence-electron chi connectivity index (χ1n) is 15.7. The molecule has 0 aromatic carbocycles. The van der Waals surface area contributed by atoms with E-state index in [2.05, 4.69) is 30.0 Å². The third-order valence-electron chi connectivity index (χ3n) is 8.68. The maximum atomic E-state index is 12.2. The molecule has 0 bridgehead atoms. The molecule has 2 saturated carbocycles. The van der Waals surface area contributed by atoms with Crippen molar-refractivity contribution in [1.29, 1.82) is 5.26 Å². The minimum Gasteiger partial charge on any atom is -0.748 e. The number of amides is 1. The van der Waals surface area contributed by atoms with Gasteiger partial charge in [0.1, 0.15) is 11.6 Å². The van der Waals surface area contributed by atoms with Crippen LogP contribution in [0.3, 0.4) is 0 Å². The molecule has 0 radical (unpaired) electrons. The van der Waals surface area contributed by atoms with Gasteiger partial charge in [0, 0.05) is 36.5 Å². The molecule has 2 fully saturated rings. The summed E-state index contributed by atoms with van der Waals surface area (Å²) in [5.41, 5.74) is -0.0123. The van der Waals surface area contributed by atoms with E-state index in [9.17, 15) is 54.2 Å². The van der Waals surface area contributed by atoms with Crippen LogP contribution in [0.25, 0.3) is 0 Å². The van der Waals surface area contributed by atoms with E-state index in [0.29, 0.717) is 57.2 Å². The summed E-state index contributed by atoms with van der Waals surface area (Å²) in [4.78, 5) is 14.2. The number of carbonyl (C=O) groups excluding carboxylic acids is 1. The zero-order valence-electron chi connectivity index (χ0n) is 31.1. The fraction of sp³-hybridized carbons (Fsp3) is 0.808. The number of carbonyl (C=O) groups is 1. The quantitative estimate of drug-likeness (QED) is 0.0256. The number of hydrogen-bond acceptors (Lipinski definition) is 19. The number of nitriles is 1. The fourth-order valence-corrected chi connectivity index (χ4v) is 9.06. The zero-order valence-corrected chi connectivity index (χ0v) is 46.8. The first-order valence-corrected chi connectivity index (χ1v) is 21.2. The molecule has 0 spiro atoms. The van der Waals surface area contributed by atoms with Crippen molar-refractivity contribution < 1.29 is 264 Å². The van der Waals surface area contributed by atoms with Crippen molar-refractivity contribution in [1.82, 2.24) is 20.0 Å². The smallest absolute Gasteiger partial charge is 0.748 e. The molecular formula is C26H39K4N7O13S4. The van der Waals surface area contributed by atoms with Crippen molar-refractivity contribution in [2.45, 2.75) is 106 Å². The molecule has 1 heterocycles. The second kappa shape index (κ2) is 29.6. The Morgan fingerprint density at radius 2 is 1.57 bits per heavy atom. The topological polar surface area (TPSA) is 312 Å². The third kappa shape index (κ3) is 22.0. The van der Waals surface area contributed by atoms with Crippen LogP contribution in [0.15, 0.2) is 16.4 Å². The summed E-state index contributed by atoms with van der Waals surface area (Å²) < 4.78 is 108. The van der Waals surface area contributed by atoms with E-state index in [4.69, 9.17) is 0 Å². The molecule has 6 unspecified atom stereocenters. The van der Waals surface area contributed by atoms with Crippen molar-refractivity contribution in [2.75, 3.05) is 24.6 Å². The molecule has 3 rings (SSSR count). The molecule has 0 saturated heterocycles. The van der Waals surface area contributed by atoms with Gasteiger partial charge >= 0.3 is 206 Å². The first kappa shape index (κ1) is 60.3. The maximum Gasteiger partial charge on any atom is 1.00 e. The van der Waals surface area contributed by atoms with Gasteiger partial charge < -0.3 is 29.1 Å². The van der Waals surface area contributed by atoms with E-state index in [1.165, 1.54) is 17.8 Å². The molecule has 0 aliphatic heterocycles. The van der Waals surface area contributed by atoms with Gasteiger partial charge in [0.05, 0.1) is 65.2 Å². The Hall–Kier alpha value is 4.24. The molecule has 1 amide bonds. The van der Waals surface area contributed by atoms with Crippen molar-refractivity contribution >= 4 is 54.1 Å². The summed E-state index contributed by atoms with van der Waals surface area (Å²) in [6, 6.07) is -0.265. The van der Waals surface area contributed by atoms with Crippen molar-refractivity contribution in [3.8, 4) is 6.07 Å². The van der Waals surface area contributed by atoms with E-state index in [0.717, 1.165) is 0 Å². The van der Waals surface area contributed by atoms with E-state index in [1.54, 1.807) is 0 Å². The summed E-state index contributed by atoms with van der Waals surface area (Å²) in [6.07, 6.45) is 3.30. The first-order chi connectivity index (χ1) is 23.4. The Morgan fingerprint density at radius 3 is 2.07 bits per heavy atom. The van der Waals surface area contributed by atoms with Gasteiger partial charge in [-0.2, -0.15) is 19.8 Å². The number of aromatic nitrogens is 2. The SMILES string of the molecule is CC(=O)NC1CC(N(CCCCS(=O)(=O)[O-])CCCCS(=O)(=O)[O-])CCC1N=Nc1c(C#N)cnn1C1CC(S(=O)(=O)[O-])CCC1SOO[O-].[K+].[K+].[K+].[K+]. The molecule has 20 nitrogen and oxygen atoms in total. The van der Waals surface area contributed by atoms with Crippen LogP contribution >= 0.6 is 12.0 Å². The van der Waals surface area contributed by atoms with Crippen molar-refractivity contribution in [3.63, 3.8) is 0 Å². The predicted molar refractivity (Wildman–Crippen MR) is 170 cm³/mol. The molecule has 2 aliphatic carbocycles. The third-order valence-corrected chi connectivity index (χ3v) is 12.4. The normalized spacial score (nSPS) is 23.3. The number of nitrogens with one attached hydrogen (secondary N) is 1. The van der Waals surface area contributed by atoms with Gasteiger partial charge in [-0.1, -0.05) is 0 Å². The number of nitrogens with zero attached hydrogens (tertiary/aromatic N) is 6. The Morgan fingerprint density at radius 1 is 0.981 bits per heavy atom. The summed E-state index contributed by atoms with van der Waals surface area (Å²) in [7, 11) is -13.5. The van der Waals surface area contributed by atoms with Gasteiger partial charge in [0.15, 0.2) is 5.82 Å². The summed E-state index contributed by atoms with van der Waals surface area (Å²) in [6.45, 7) is 2.06. The second-order valence-electron chi connectivity index (χ2n) is 12.2. The molecule has 28 heteroatoms. The Bertz CT molecular complexity index is 1660. The van der Waals surface area contributed by atoms with Crippen LogP contribution in [0.2, 0.25) is 0 Å². The van der Waals surface area contributed by atoms with Gasteiger partial charge in [-0.3, -0.25) is 9.83 Å². The van der Waals surface area contributed by atoms with Gasteiger partial charge in [-0.05, 0) is 77.3 Å². The molecular weight excluding hydrogens is 903 g/mol. The summed E-state index contributed by atoms with van der Waals surface area (Å²) in [5, 5.41) is 37.8. The fourth-order valence-electron chi connectivity index (χ4n) is 6.37. The standard InChI is InChI=1S/C26H43N7O13S4.4K/c1-18(34)29-23-14-20(32(10-2-4-12-48(36,37)38)11-3-5-13-49(39,40)41)6-8-22(23)30-31-26-19(16-27)17-28-33(26)24-15-21(50(42,43)44)7-9-25(24)47-46-45-35;;;;/h17,20-25,35H,2-15H2,1H3,(H,29,34)(H,36,37,38)(H,39,40,41)(H,42,43,44);;;;/q;4*+1/p-4. The van der Waals surface area contributed by atoms with Gasteiger partial charge in [0.25, 0.3) is 0 Å². The molecule has 6 atom stereocenters. The van der Waals surface area contributed by atoms with Crippen molar-refractivity contribution in [3.05, 3.63) is 11.8 Å². The van der Waals surface area contributed by atoms with Crippen LogP contribution < -0.4 is 216 Å². The number of hydrogen-bond donors (Lipinski definition) is 1. The second-order valence-corrected chi connectivity index (χ2v) is 17.9. The van der Waals surface area contributed by atoms with Crippen LogP contribution in [-0.4, -0.2) is 113 Å². The Labute approximate surface area is 491 Å². The van der Waals surface area contributed by atoms with Crippen LogP contribution in [-0.2, 0) is 44.5 Å².